The van der Waals surface area contributed by atoms with Gasteiger partial charge in [0.2, 0.25) is 5.78 Å². The number of Topliss-reactive ketones (excluding diaryl/α,β-unsaturated/α-hetero) is 1. The number of carbonyl (C=O) groups excluding carboxylic acids is 2. The SMILES string of the molecule is CC(=O)ON=C(CCC(=O)O)C(=O)c1ccc(Sc2ccccc2)cc1. The molecule has 7 heteroatoms. The second-order valence-electron chi connectivity index (χ2n) is 5.28. The Bertz CT molecular complexity index is 816. The van der Waals surface area contributed by atoms with Gasteiger partial charge in [-0.15, -0.1) is 0 Å². The molecule has 1 N–H and O–H groups in total. The van der Waals surface area contributed by atoms with Gasteiger partial charge >= 0.3 is 11.9 Å². The standard InChI is InChI=1S/C19H17NO5S/c1-13(21)25-20-17(11-12-18(22)23)19(24)14-7-9-16(10-8-14)26-15-5-3-2-4-6-15/h2-10H,11-12H2,1H3,(H,22,23). The zero-order valence-electron chi connectivity index (χ0n) is 14.0. The number of carboxylic acid groups (broad SMARTS) is 1. The Kier molecular flexibility index (Phi) is 7.11. The summed E-state index contributed by atoms with van der Waals surface area (Å²) < 4.78 is 0. The third-order valence-corrected chi connectivity index (χ3v) is 4.23. The smallest absolute Gasteiger partial charge is 0.331 e. The summed E-state index contributed by atoms with van der Waals surface area (Å²) in [5.74, 6) is -2.22. The summed E-state index contributed by atoms with van der Waals surface area (Å²) in [7, 11) is 0. The topological polar surface area (TPSA) is 93.0 Å². The minimum atomic E-state index is -1.07. The van der Waals surface area contributed by atoms with Crippen LogP contribution in [0, 0.1) is 0 Å². The van der Waals surface area contributed by atoms with E-state index in [1.165, 1.54) is 0 Å². The minimum Gasteiger partial charge on any atom is -0.481 e. The van der Waals surface area contributed by atoms with Crippen molar-refractivity contribution in [3.8, 4) is 0 Å². The molecule has 0 atom stereocenters. The molecule has 26 heavy (non-hydrogen) atoms. The Labute approximate surface area is 154 Å². The van der Waals surface area contributed by atoms with E-state index >= 15 is 0 Å². The number of oxime groups is 1. The molecule has 0 aliphatic heterocycles. The van der Waals surface area contributed by atoms with E-state index in [1.54, 1.807) is 36.0 Å². The largest absolute Gasteiger partial charge is 0.481 e. The van der Waals surface area contributed by atoms with Crippen LogP contribution in [0.1, 0.15) is 30.1 Å². The Hall–Kier alpha value is -2.93. The second kappa shape index (κ2) is 9.53. The van der Waals surface area contributed by atoms with E-state index in [-0.39, 0.29) is 18.6 Å². The molecule has 6 nitrogen and oxygen atoms in total. The third-order valence-electron chi connectivity index (χ3n) is 3.22. The molecule has 0 radical (unpaired) electrons. The lowest BCUT2D eigenvalue weighted by molar-refractivity contribution is -0.141. The minimum absolute atomic E-state index is 0.105. The fourth-order valence-corrected chi connectivity index (χ4v) is 2.85. The molecule has 2 aromatic rings. The average Bonchev–Trinajstić information content (AvgIpc) is 2.62. The maximum Gasteiger partial charge on any atom is 0.331 e. The quantitative estimate of drug-likeness (QED) is 0.328. The molecule has 0 fully saturated rings. The highest BCUT2D eigenvalue weighted by Gasteiger charge is 2.17. The van der Waals surface area contributed by atoms with Gasteiger partial charge in [0.25, 0.3) is 0 Å². The molecular formula is C19H17NO5S. The molecule has 2 rings (SSSR count). The number of carbonyl (C=O) groups is 3. The van der Waals surface area contributed by atoms with Crippen molar-refractivity contribution >= 4 is 35.2 Å². The molecule has 0 saturated carbocycles. The zero-order valence-corrected chi connectivity index (χ0v) is 14.9. The number of nitrogens with zero attached hydrogens (tertiary/aromatic N) is 1. The fourth-order valence-electron chi connectivity index (χ4n) is 2.01. The van der Waals surface area contributed by atoms with Gasteiger partial charge in [-0.2, -0.15) is 0 Å². The lowest BCUT2D eigenvalue weighted by Crippen LogP contribution is -2.17. The van der Waals surface area contributed by atoms with E-state index in [4.69, 9.17) is 5.11 Å². The molecule has 0 unspecified atom stereocenters. The molecule has 0 bridgehead atoms. The Balaban J connectivity index is 2.13. The van der Waals surface area contributed by atoms with Crippen molar-refractivity contribution in [2.45, 2.75) is 29.6 Å². The summed E-state index contributed by atoms with van der Waals surface area (Å²) in [6, 6.07) is 16.7. The van der Waals surface area contributed by atoms with E-state index < -0.39 is 17.7 Å². The zero-order chi connectivity index (χ0) is 18.9. The van der Waals surface area contributed by atoms with E-state index in [1.807, 2.05) is 30.3 Å². The molecular weight excluding hydrogens is 354 g/mol. The maximum absolute atomic E-state index is 12.5. The lowest BCUT2D eigenvalue weighted by atomic mass is 10.0. The first-order valence-corrected chi connectivity index (χ1v) is 8.61. The van der Waals surface area contributed by atoms with Gasteiger partial charge in [-0.1, -0.05) is 35.1 Å². The number of aliphatic carboxylic acids is 1. The number of rotatable bonds is 8. The van der Waals surface area contributed by atoms with Crippen LogP contribution in [0.3, 0.4) is 0 Å². The lowest BCUT2D eigenvalue weighted by Gasteiger charge is -2.06. The fraction of sp³-hybridized carbons (Fsp3) is 0.158. The molecule has 134 valence electrons. The molecule has 0 aliphatic carbocycles. The number of carboxylic acids is 1. The highest BCUT2D eigenvalue weighted by Crippen LogP contribution is 2.27. The van der Waals surface area contributed by atoms with Crippen LogP contribution < -0.4 is 0 Å². The van der Waals surface area contributed by atoms with Crippen molar-refractivity contribution in [2.24, 2.45) is 5.16 Å². The second-order valence-corrected chi connectivity index (χ2v) is 6.43. The highest BCUT2D eigenvalue weighted by atomic mass is 32.2. The first-order valence-electron chi connectivity index (χ1n) is 7.79. The van der Waals surface area contributed by atoms with Gasteiger partial charge in [0, 0.05) is 28.7 Å². The predicted molar refractivity (Wildman–Crippen MR) is 97.4 cm³/mol. The number of benzene rings is 2. The van der Waals surface area contributed by atoms with Crippen LogP contribution in [0.5, 0.6) is 0 Å². The third kappa shape index (κ3) is 6.18. The van der Waals surface area contributed by atoms with Crippen molar-refractivity contribution < 1.29 is 24.3 Å². The number of hydrogen-bond acceptors (Lipinski definition) is 6. The van der Waals surface area contributed by atoms with Gasteiger partial charge in [-0.05, 0) is 36.4 Å². The molecule has 0 amide bonds. The Morgan fingerprint density at radius 2 is 1.58 bits per heavy atom. The van der Waals surface area contributed by atoms with E-state index in [0.29, 0.717) is 5.56 Å². The van der Waals surface area contributed by atoms with Gasteiger partial charge in [0.05, 0.1) is 6.42 Å². The van der Waals surface area contributed by atoms with Gasteiger partial charge in [-0.25, -0.2) is 4.79 Å². The van der Waals surface area contributed by atoms with Gasteiger partial charge in [0.1, 0.15) is 5.71 Å². The van der Waals surface area contributed by atoms with Crippen molar-refractivity contribution in [2.75, 3.05) is 0 Å². The van der Waals surface area contributed by atoms with Crippen LogP contribution in [0.15, 0.2) is 69.5 Å². The van der Waals surface area contributed by atoms with Crippen molar-refractivity contribution in [3.63, 3.8) is 0 Å². The monoisotopic (exact) mass is 371 g/mol. The Morgan fingerprint density at radius 3 is 2.15 bits per heavy atom. The van der Waals surface area contributed by atoms with Crippen LogP contribution in [-0.2, 0) is 14.4 Å². The van der Waals surface area contributed by atoms with Crippen LogP contribution in [0.4, 0.5) is 0 Å². The number of ketones is 1. The summed E-state index contributed by atoms with van der Waals surface area (Å²) in [6.07, 6.45) is -0.407. The van der Waals surface area contributed by atoms with Crippen LogP contribution >= 0.6 is 11.8 Å². The summed E-state index contributed by atoms with van der Waals surface area (Å²) in [4.78, 5) is 40.7. The number of hydrogen-bond donors (Lipinski definition) is 1. The molecule has 0 spiro atoms. The van der Waals surface area contributed by atoms with Gasteiger partial charge in [0.15, 0.2) is 0 Å². The summed E-state index contributed by atoms with van der Waals surface area (Å²) in [5.41, 5.74) is 0.241. The first kappa shape index (κ1) is 19.4. The van der Waals surface area contributed by atoms with Crippen LogP contribution in [0.2, 0.25) is 0 Å². The van der Waals surface area contributed by atoms with Gasteiger partial charge < -0.3 is 9.94 Å². The van der Waals surface area contributed by atoms with E-state index in [9.17, 15) is 14.4 Å². The average molecular weight is 371 g/mol. The van der Waals surface area contributed by atoms with E-state index in [0.717, 1.165) is 16.7 Å². The van der Waals surface area contributed by atoms with E-state index in [2.05, 4.69) is 9.99 Å². The predicted octanol–water partition coefficient (Wildman–Crippen LogP) is 3.80. The summed E-state index contributed by atoms with van der Waals surface area (Å²) >= 11 is 1.56. The molecule has 0 heterocycles. The van der Waals surface area contributed by atoms with Crippen molar-refractivity contribution in [3.05, 3.63) is 60.2 Å². The van der Waals surface area contributed by atoms with Crippen molar-refractivity contribution in [1.82, 2.24) is 0 Å². The first-order chi connectivity index (χ1) is 12.5. The normalized spacial score (nSPS) is 11.0. The molecule has 0 aliphatic rings. The summed E-state index contributed by atoms with van der Waals surface area (Å²) in [6.45, 7) is 1.15. The van der Waals surface area contributed by atoms with Crippen LogP contribution in [0.25, 0.3) is 0 Å². The van der Waals surface area contributed by atoms with Crippen molar-refractivity contribution in [1.29, 1.82) is 0 Å². The maximum atomic E-state index is 12.5. The molecule has 0 aromatic heterocycles. The molecule has 2 aromatic carbocycles. The molecule has 0 saturated heterocycles. The summed E-state index contributed by atoms with van der Waals surface area (Å²) in [5, 5.41) is 12.3. The van der Waals surface area contributed by atoms with Crippen LogP contribution in [-0.4, -0.2) is 28.5 Å². The Morgan fingerprint density at radius 1 is 0.962 bits per heavy atom. The van der Waals surface area contributed by atoms with Gasteiger partial charge in [-0.3, -0.25) is 9.59 Å². The highest BCUT2D eigenvalue weighted by molar-refractivity contribution is 7.99.